The molecule has 0 spiro atoms. The molecule has 0 amide bonds. The van der Waals surface area contributed by atoms with Crippen molar-refractivity contribution in [3.8, 4) is 0 Å². The van der Waals surface area contributed by atoms with Crippen LogP contribution >= 0.6 is 11.6 Å². The summed E-state index contributed by atoms with van der Waals surface area (Å²) < 4.78 is 0. The topological polar surface area (TPSA) is 20.2 Å². The van der Waals surface area contributed by atoms with Gasteiger partial charge in [-0.3, -0.25) is 0 Å². The molecule has 0 saturated heterocycles. The molecule has 1 N–H and O–H groups in total. The summed E-state index contributed by atoms with van der Waals surface area (Å²) in [5, 5.41) is 8.45. The van der Waals surface area contributed by atoms with E-state index in [4.69, 9.17) is 11.6 Å². The second-order valence-corrected chi connectivity index (χ2v) is 4.12. The van der Waals surface area contributed by atoms with Crippen molar-refractivity contribution >= 4 is 11.6 Å². The number of halogens is 1. The third-order valence-electron chi connectivity index (χ3n) is 2.35. The van der Waals surface area contributed by atoms with E-state index in [1.165, 1.54) is 19.3 Å². The molecule has 1 atom stereocenters. The van der Waals surface area contributed by atoms with E-state index >= 15 is 0 Å². The Balaban J connectivity index is 2.39. The normalized spacial score (nSPS) is 27.9. The highest BCUT2D eigenvalue weighted by Crippen LogP contribution is 2.34. The van der Waals surface area contributed by atoms with E-state index in [0.29, 0.717) is 5.92 Å². The first-order valence-electron chi connectivity index (χ1n) is 4.02. The predicted molar refractivity (Wildman–Crippen MR) is 43.1 cm³/mol. The summed E-state index contributed by atoms with van der Waals surface area (Å²) in [5.41, 5.74) is 0. The van der Waals surface area contributed by atoms with Crippen LogP contribution in [0, 0.1) is 5.92 Å². The van der Waals surface area contributed by atoms with Gasteiger partial charge in [-0.15, -0.1) is 0 Å². The van der Waals surface area contributed by atoms with Gasteiger partial charge in [0.05, 0.1) is 0 Å². The number of alkyl halides is 1. The molecule has 10 heavy (non-hydrogen) atoms. The monoisotopic (exact) mass is 162 g/mol. The minimum absolute atomic E-state index is 0.322. The van der Waals surface area contributed by atoms with E-state index in [9.17, 15) is 5.11 Å². The maximum atomic E-state index is 9.41. The van der Waals surface area contributed by atoms with Crippen LogP contribution in [-0.2, 0) is 0 Å². The van der Waals surface area contributed by atoms with Gasteiger partial charge in [0.2, 0.25) is 0 Å². The van der Waals surface area contributed by atoms with Crippen LogP contribution in [0.5, 0.6) is 0 Å². The summed E-state index contributed by atoms with van der Waals surface area (Å²) in [4.78, 5) is 0. The Bertz CT molecular complexity index is 100. The second-order valence-electron chi connectivity index (χ2n) is 3.36. The first-order valence-corrected chi connectivity index (χ1v) is 4.40. The molecule has 1 aliphatic carbocycles. The molecule has 1 unspecified atom stereocenters. The molecule has 0 heterocycles. The average molecular weight is 163 g/mol. The SMILES string of the molecule is CC(O)(Cl)C1CCCCC1. The average Bonchev–Trinajstić information content (AvgIpc) is 1.88. The molecule has 0 aliphatic heterocycles. The molecule has 1 rings (SSSR count). The minimum atomic E-state index is -0.958. The van der Waals surface area contributed by atoms with Crippen molar-refractivity contribution in [2.24, 2.45) is 5.92 Å². The van der Waals surface area contributed by atoms with Gasteiger partial charge in [-0.25, -0.2) is 0 Å². The van der Waals surface area contributed by atoms with Crippen LogP contribution in [0.1, 0.15) is 39.0 Å². The van der Waals surface area contributed by atoms with Crippen LogP contribution in [0.3, 0.4) is 0 Å². The van der Waals surface area contributed by atoms with E-state index in [1.54, 1.807) is 6.92 Å². The lowest BCUT2D eigenvalue weighted by atomic mass is 9.85. The van der Waals surface area contributed by atoms with E-state index in [0.717, 1.165) is 12.8 Å². The molecule has 0 radical (unpaired) electrons. The highest BCUT2D eigenvalue weighted by Gasteiger charge is 2.29. The largest absolute Gasteiger partial charge is 0.375 e. The summed E-state index contributed by atoms with van der Waals surface area (Å²) in [6.07, 6.45) is 5.96. The van der Waals surface area contributed by atoms with Gasteiger partial charge in [-0.2, -0.15) is 0 Å². The lowest BCUT2D eigenvalue weighted by Gasteiger charge is -2.30. The Morgan fingerprint density at radius 3 is 2.10 bits per heavy atom. The van der Waals surface area contributed by atoms with Crippen LogP contribution in [0.2, 0.25) is 0 Å². The first-order chi connectivity index (χ1) is 4.61. The van der Waals surface area contributed by atoms with Crippen molar-refractivity contribution in [3.63, 3.8) is 0 Å². The lowest BCUT2D eigenvalue weighted by Crippen LogP contribution is -2.29. The molecule has 1 aliphatic rings. The molecule has 1 fully saturated rings. The molecule has 2 heteroatoms. The smallest absolute Gasteiger partial charge is 0.138 e. The van der Waals surface area contributed by atoms with Gasteiger partial charge in [0.1, 0.15) is 5.06 Å². The van der Waals surface area contributed by atoms with Crippen LogP contribution in [-0.4, -0.2) is 10.2 Å². The fourth-order valence-corrected chi connectivity index (χ4v) is 1.85. The fraction of sp³-hybridized carbons (Fsp3) is 1.00. The Kier molecular flexibility index (Phi) is 2.59. The van der Waals surface area contributed by atoms with Crippen LogP contribution in [0.4, 0.5) is 0 Å². The molecule has 1 nitrogen and oxygen atoms in total. The zero-order valence-corrected chi connectivity index (χ0v) is 7.19. The Morgan fingerprint density at radius 1 is 1.30 bits per heavy atom. The van der Waals surface area contributed by atoms with Gasteiger partial charge in [-0.05, 0) is 19.8 Å². The molecule has 0 aromatic carbocycles. The second kappa shape index (κ2) is 3.10. The van der Waals surface area contributed by atoms with E-state index in [2.05, 4.69) is 0 Å². The third kappa shape index (κ3) is 2.14. The Labute approximate surface area is 67.4 Å². The van der Waals surface area contributed by atoms with Crippen molar-refractivity contribution in [3.05, 3.63) is 0 Å². The standard InChI is InChI=1S/C8H15ClO/c1-8(9,10)7-5-3-2-4-6-7/h7,10H,2-6H2,1H3. The summed E-state index contributed by atoms with van der Waals surface area (Å²) in [6.45, 7) is 1.70. The van der Waals surface area contributed by atoms with Crippen molar-refractivity contribution in [2.75, 3.05) is 0 Å². The number of rotatable bonds is 1. The third-order valence-corrected chi connectivity index (χ3v) is 2.66. The van der Waals surface area contributed by atoms with Gasteiger partial charge in [0.25, 0.3) is 0 Å². The van der Waals surface area contributed by atoms with Crippen LogP contribution < -0.4 is 0 Å². The van der Waals surface area contributed by atoms with Gasteiger partial charge >= 0.3 is 0 Å². The van der Waals surface area contributed by atoms with Crippen LogP contribution in [0.25, 0.3) is 0 Å². The number of hydrogen-bond donors (Lipinski definition) is 1. The highest BCUT2D eigenvalue weighted by atomic mass is 35.5. The Hall–Kier alpha value is 0.250. The van der Waals surface area contributed by atoms with Gasteiger partial charge < -0.3 is 5.11 Å². The summed E-state index contributed by atoms with van der Waals surface area (Å²) >= 11 is 5.77. The van der Waals surface area contributed by atoms with Crippen molar-refractivity contribution in [1.29, 1.82) is 0 Å². The molecular formula is C8H15ClO. The van der Waals surface area contributed by atoms with Crippen LogP contribution in [0.15, 0.2) is 0 Å². The zero-order valence-electron chi connectivity index (χ0n) is 6.44. The summed E-state index contributed by atoms with van der Waals surface area (Å²) in [5.74, 6) is 0.322. The molecule has 60 valence electrons. The summed E-state index contributed by atoms with van der Waals surface area (Å²) in [6, 6.07) is 0. The lowest BCUT2D eigenvalue weighted by molar-refractivity contribution is 0.0605. The highest BCUT2D eigenvalue weighted by molar-refractivity contribution is 6.22. The van der Waals surface area contributed by atoms with E-state index < -0.39 is 5.06 Å². The predicted octanol–water partition coefficient (Wildman–Crippen LogP) is 2.51. The molecular weight excluding hydrogens is 148 g/mol. The molecule has 0 aromatic heterocycles. The fourth-order valence-electron chi connectivity index (χ4n) is 1.63. The maximum Gasteiger partial charge on any atom is 0.138 e. The van der Waals surface area contributed by atoms with Crippen molar-refractivity contribution in [2.45, 2.75) is 44.1 Å². The maximum absolute atomic E-state index is 9.41. The van der Waals surface area contributed by atoms with Crippen molar-refractivity contribution < 1.29 is 5.11 Å². The van der Waals surface area contributed by atoms with Crippen molar-refractivity contribution in [1.82, 2.24) is 0 Å². The van der Waals surface area contributed by atoms with Gasteiger partial charge in [0, 0.05) is 5.92 Å². The van der Waals surface area contributed by atoms with E-state index in [-0.39, 0.29) is 0 Å². The Morgan fingerprint density at radius 2 is 1.80 bits per heavy atom. The number of aliphatic hydroxyl groups is 1. The molecule has 0 aromatic rings. The minimum Gasteiger partial charge on any atom is -0.375 e. The molecule has 1 saturated carbocycles. The quantitative estimate of drug-likeness (QED) is 0.588. The summed E-state index contributed by atoms with van der Waals surface area (Å²) in [7, 11) is 0. The molecule has 0 bridgehead atoms. The van der Waals surface area contributed by atoms with Gasteiger partial charge in [-0.1, -0.05) is 30.9 Å². The zero-order chi connectivity index (χ0) is 7.61. The van der Waals surface area contributed by atoms with E-state index in [1.807, 2.05) is 0 Å². The number of hydrogen-bond acceptors (Lipinski definition) is 1. The van der Waals surface area contributed by atoms with Gasteiger partial charge in [0.15, 0.2) is 0 Å². The first kappa shape index (κ1) is 8.35.